The van der Waals surface area contributed by atoms with Crippen LogP contribution in [-0.2, 0) is 14.9 Å². The van der Waals surface area contributed by atoms with E-state index in [9.17, 15) is 9.59 Å². The van der Waals surface area contributed by atoms with E-state index in [1.54, 1.807) is 18.2 Å². The Bertz CT molecular complexity index is 841. The fraction of sp³-hybridized carbons (Fsp3) is 0.417. The first-order chi connectivity index (χ1) is 14.1. The summed E-state index contributed by atoms with van der Waals surface area (Å²) in [6.07, 6.45) is 5.68. The van der Waals surface area contributed by atoms with Crippen molar-refractivity contribution in [3.8, 4) is 5.75 Å². The monoisotopic (exact) mass is 395 g/mol. The van der Waals surface area contributed by atoms with E-state index in [-0.39, 0.29) is 5.91 Å². The summed E-state index contributed by atoms with van der Waals surface area (Å²) in [5.74, 6) is -0.0452. The molecule has 0 unspecified atom stereocenters. The summed E-state index contributed by atoms with van der Waals surface area (Å²) in [6.45, 7) is 2.51. The normalized spacial score (nSPS) is 15.4. The minimum absolute atomic E-state index is 0.0264. The first kappa shape index (κ1) is 20.9. The molecule has 29 heavy (non-hydrogen) atoms. The van der Waals surface area contributed by atoms with E-state index in [0.29, 0.717) is 23.6 Å². The summed E-state index contributed by atoms with van der Waals surface area (Å²) in [5.41, 5.74) is 1.40. The fourth-order valence-electron chi connectivity index (χ4n) is 4.03. The van der Waals surface area contributed by atoms with Crippen molar-refractivity contribution >= 4 is 17.6 Å². The van der Waals surface area contributed by atoms with E-state index in [4.69, 9.17) is 9.47 Å². The molecule has 3 rings (SSSR count). The molecule has 2 aromatic carbocycles. The predicted octanol–water partition coefficient (Wildman–Crippen LogP) is 5.10. The number of nitrogens with one attached hydrogen (secondary N) is 1. The zero-order chi connectivity index (χ0) is 20.7. The highest BCUT2D eigenvalue weighted by Crippen LogP contribution is 2.40. The van der Waals surface area contributed by atoms with Crippen molar-refractivity contribution in [2.45, 2.75) is 50.9 Å². The lowest BCUT2D eigenvalue weighted by Gasteiger charge is -2.36. The van der Waals surface area contributed by atoms with Gasteiger partial charge in [-0.25, -0.2) is 4.79 Å². The van der Waals surface area contributed by atoms with Gasteiger partial charge in [-0.3, -0.25) is 4.79 Å². The van der Waals surface area contributed by atoms with Gasteiger partial charge >= 0.3 is 5.97 Å². The second-order valence-electron chi connectivity index (χ2n) is 7.51. The van der Waals surface area contributed by atoms with Crippen molar-refractivity contribution in [2.75, 3.05) is 19.0 Å². The molecule has 1 N–H and O–H groups in total. The van der Waals surface area contributed by atoms with Gasteiger partial charge in [0.2, 0.25) is 5.91 Å². The van der Waals surface area contributed by atoms with Gasteiger partial charge in [0, 0.05) is 5.69 Å². The van der Waals surface area contributed by atoms with Crippen LogP contribution < -0.4 is 10.1 Å². The van der Waals surface area contributed by atoms with Crippen molar-refractivity contribution in [2.24, 2.45) is 0 Å². The second kappa shape index (κ2) is 9.59. The molecule has 0 aromatic heterocycles. The van der Waals surface area contributed by atoms with Crippen LogP contribution in [0.4, 0.5) is 5.69 Å². The molecule has 5 nitrogen and oxygen atoms in total. The van der Waals surface area contributed by atoms with Gasteiger partial charge in [-0.15, -0.1) is 0 Å². The van der Waals surface area contributed by atoms with Crippen molar-refractivity contribution in [3.05, 3.63) is 59.7 Å². The summed E-state index contributed by atoms with van der Waals surface area (Å²) >= 11 is 0. The van der Waals surface area contributed by atoms with Crippen molar-refractivity contribution < 1.29 is 19.1 Å². The van der Waals surface area contributed by atoms with Gasteiger partial charge in [-0.05, 0) is 43.0 Å². The highest BCUT2D eigenvalue weighted by Gasteiger charge is 2.41. The third-order valence-corrected chi connectivity index (χ3v) is 5.57. The van der Waals surface area contributed by atoms with Crippen LogP contribution in [0.2, 0.25) is 0 Å². The number of rotatable bonds is 7. The van der Waals surface area contributed by atoms with E-state index in [0.717, 1.165) is 44.1 Å². The molecule has 154 valence electrons. The van der Waals surface area contributed by atoms with Crippen LogP contribution in [0.15, 0.2) is 48.5 Å². The topological polar surface area (TPSA) is 64.6 Å². The standard InChI is InChI=1S/C24H29NO4/c1-3-16-29-21-13-12-19(17-20(21)22(26)28-2)25-23(27)24(14-8-5-9-15-24)18-10-6-4-7-11-18/h4,6-7,10-13,17H,3,5,8-9,14-16H2,1-2H3,(H,25,27). The van der Waals surface area contributed by atoms with Gasteiger partial charge in [-0.2, -0.15) is 0 Å². The van der Waals surface area contributed by atoms with E-state index in [2.05, 4.69) is 5.32 Å². The number of methoxy groups -OCH3 is 1. The second-order valence-corrected chi connectivity index (χ2v) is 7.51. The largest absolute Gasteiger partial charge is 0.493 e. The Morgan fingerprint density at radius 3 is 2.41 bits per heavy atom. The average molecular weight is 395 g/mol. The smallest absolute Gasteiger partial charge is 0.341 e. The van der Waals surface area contributed by atoms with Crippen molar-refractivity contribution in [3.63, 3.8) is 0 Å². The molecule has 1 aliphatic rings. The van der Waals surface area contributed by atoms with E-state index >= 15 is 0 Å². The van der Waals surface area contributed by atoms with E-state index in [1.807, 2.05) is 37.3 Å². The maximum atomic E-state index is 13.4. The van der Waals surface area contributed by atoms with Gasteiger partial charge in [0.1, 0.15) is 11.3 Å². The molecule has 0 heterocycles. The van der Waals surface area contributed by atoms with Crippen LogP contribution in [0.1, 0.15) is 61.4 Å². The van der Waals surface area contributed by atoms with Crippen LogP contribution in [0.5, 0.6) is 5.75 Å². The Morgan fingerprint density at radius 2 is 1.76 bits per heavy atom. The minimum Gasteiger partial charge on any atom is -0.493 e. The van der Waals surface area contributed by atoms with Gasteiger partial charge < -0.3 is 14.8 Å². The molecule has 0 atom stereocenters. The molecule has 0 spiro atoms. The molecular formula is C24H29NO4. The number of carbonyl (C=O) groups is 2. The first-order valence-electron chi connectivity index (χ1n) is 10.3. The molecule has 1 aliphatic carbocycles. The summed E-state index contributed by atoms with van der Waals surface area (Å²) in [6, 6.07) is 15.1. The third-order valence-electron chi connectivity index (χ3n) is 5.57. The summed E-state index contributed by atoms with van der Waals surface area (Å²) in [7, 11) is 1.34. The molecule has 5 heteroatoms. The van der Waals surface area contributed by atoms with Crippen LogP contribution in [0, 0.1) is 0 Å². The van der Waals surface area contributed by atoms with Crippen LogP contribution in [0.25, 0.3) is 0 Å². The SMILES string of the molecule is CCCOc1ccc(NC(=O)C2(c3ccccc3)CCCCC2)cc1C(=O)OC. The molecule has 1 saturated carbocycles. The van der Waals surface area contributed by atoms with Crippen LogP contribution in [-0.4, -0.2) is 25.6 Å². The molecular weight excluding hydrogens is 366 g/mol. The number of esters is 1. The average Bonchev–Trinajstić information content (AvgIpc) is 2.78. The van der Waals surface area contributed by atoms with Gasteiger partial charge in [0.05, 0.1) is 19.1 Å². The maximum Gasteiger partial charge on any atom is 0.341 e. The van der Waals surface area contributed by atoms with E-state index < -0.39 is 11.4 Å². The van der Waals surface area contributed by atoms with Gasteiger partial charge in [-0.1, -0.05) is 56.5 Å². The van der Waals surface area contributed by atoms with Gasteiger partial charge in [0.25, 0.3) is 0 Å². The summed E-state index contributed by atoms with van der Waals surface area (Å²) < 4.78 is 10.6. The van der Waals surface area contributed by atoms with E-state index in [1.165, 1.54) is 7.11 Å². The highest BCUT2D eigenvalue weighted by molar-refractivity contribution is 6.01. The molecule has 0 aliphatic heterocycles. The molecule has 2 aromatic rings. The molecule has 1 fully saturated rings. The first-order valence-corrected chi connectivity index (χ1v) is 10.3. The van der Waals surface area contributed by atoms with Crippen molar-refractivity contribution in [1.29, 1.82) is 0 Å². The predicted molar refractivity (Wildman–Crippen MR) is 113 cm³/mol. The lowest BCUT2D eigenvalue weighted by atomic mass is 9.68. The fourth-order valence-corrected chi connectivity index (χ4v) is 4.03. The van der Waals surface area contributed by atoms with Crippen LogP contribution >= 0.6 is 0 Å². The summed E-state index contributed by atoms with van der Waals surface area (Å²) in [4.78, 5) is 25.6. The number of hydrogen-bond donors (Lipinski definition) is 1. The Hall–Kier alpha value is -2.82. The Labute approximate surface area is 172 Å². The Kier molecular flexibility index (Phi) is 6.91. The third kappa shape index (κ3) is 4.61. The highest BCUT2D eigenvalue weighted by atomic mass is 16.5. The maximum absolute atomic E-state index is 13.4. The van der Waals surface area contributed by atoms with Gasteiger partial charge in [0.15, 0.2) is 0 Å². The molecule has 0 bridgehead atoms. The number of amides is 1. The zero-order valence-corrected chi connectivity index (χ0v) is 17.2. The number of benzene rings is 2. The number of carbonyl (C=O) groups excluding carboxylic acids is 2. The lowest BCUT2D eigenvalue weighted by Crippen LogP contribution is -2.42. The Balaban J connectivity index is 1.89. The zero-order valence-electron chi connectivity index (χ0n) is 17.2. The van der Waals surface area contributed by atoms with Crippen LogP contribution in [0.3, 0.4) is 0 Å². The number of anilines is 1. The quantitative estimate of drug-likeness (QED) is 0.662. The number of hydrogen-bond acceptors (Lipinski definition) is 4. The number of ether oxygens (including phenoxy) is 2. The van der Waals surface area contributed by atoms with Crippen molar-refractivity contribution in [1.82, 2.24) is 0 Å². The Morgan fingerprint density at radius 1 is 1.03 bits per heavy atom. The minimum atomic E-state index is -0.539. The lowest BCUT2D eigenvalue weighted by molar-refractivity contribution is -0.122. The summed E-state index contributed by atoms with van der Waals surface area (Å²) in [5, 5.41) is 3.05. The molecule has 0 saturated heterocycles. The molecule has 0 radical (unpaired) electrons. The molecule has 1 amide bonds.